The van der Waals surface area contributed by atoms with Gasteiger partial charge in [0.1, 0.15) is 0 Å². The summed E-state index contributed by atoms with van der Waals surface area (Å²) >= 11 is 0.359. The van der Waals surface area contributed by atoms with Crippen LogP contribution in [0.3, 0.4) is 0 Å². The van der Waals surface area contributed by atoms with E-state index in [0.29, 0.717) is 24.4 Å². The zero-order valence-electron chi connectivity index (χ0n) is 7.21. The third kappa shape index (κ3) is 1.87. The normalized spacial score (nSPS) is 17.0. The van der Waals surface area contributed by atoms with Gasteiger partial charge >= 0.3 is 12.2 Å². The maximum atomic E-state index is 12.2. The molecule has 2 amide bonds. The predicted molar refractivity (Wildman–Crippen MR) is 45.7 cm³/mol. The Morgan fingerprint density at radius 2 is 2.13 bits per heavy atom. The van der Waals surface area contributed by atoms with Gasteiger partial charge in [0.05, 0.1) is 0 Å². The summed E-state index contributed by atoms with van der Waals surface area (Å²) in [6.07, 6.45) is -4.51. The van der Waals surface area contributed by atoms with Crippen molar-refractivity contribution in [3.63, 3.8) is 0 Å². The molecule has 1 aromatic heterocycles. The summed E-state index contributed by atoms with van der Waals surface area (Å²) in [5, 5.41) is 7.70. The van der Waals surface area contributed by atoms with Gasteiger partial charge in [-0.2, -0.15) is 13.2 Å². The third-order valence-electron chi connectivity index (χ3n) is 1.74. The van der Waals surface area contributed by atoms with Gasteiger partial charge in [0.2, 0.25) is 10.1 Å². The Bertz CT molecular complexity index is 390. The minimum atomic E-state index is -4.51. The van der Waals surface area contributed by atoms with Crippen molar-refractivity contribution in [1.82, 2.24) is 15.5 Å². The highest BCUT2D eigenvalue weighted by Crippen LogP contribution is 2.34. The second kappa shape index (κ2) is 3.33. The molecular formula is C6H5F3N4OS. The summed E-state index contributed by atoms with van der Waals surface area (Å²) in [5.41, 5.74) is 0. The summed E-state index contributed by atoms with van der Waals surface area (Å²) in [4.78, 5) is 12.2. The Balaban J connectivity index is 2.24. The molecule has 0 aliphatic carbocycles. The average Bonchev–Trinajstić information content (AvgIpc) is 2.69. The SMILES string of the molecule is O=C1NCCN1c1nnc(C(F)(F)F)s1. The van der Waals surface area contributed by atoms with Crippen LogP contribution >= 0.6 is 11.3 Å². The highest BCUT2D eigenvalue weighted by atomic mass is 32.1. The first-order valence-electron chi connectivity index (χ1n) is 3.94. The fraction of sp³-hybridized carbons (Fsp3) is 0.500. The molecule has 0 atom stereocenters. The number of nitrogens with one attached hydrogen (secondary N) is 1. The largest absolute Gasteiger partial charge is 0.445 e. The quantitative estimate of drug-likeness (QED) is 0.796. The molecule has 1 saturated heterocycles. The van der Waals surface area contributed by atoms with Gasteiger partial charge in [0.25, 0.3) is 0 Å². The van der Waals surface area contributed by atoms with Gasteiger partial charge in [0, 0.05) is 13.1 Å². The van der Waals surface area contributed by atoms with E-state index in [1.54, 1.807) is 0 Å². The number of urea groups is 1. The number of hydrogen-bond donors (Lipinski definition) is 1. The zero-order chi connectivity index (χ0) is 11.1. The van der Waals surface area contributed by atoms with Gasteiger partial charge in [-0.15, -0.1) is 10.2 Å². The molecule has 0 radical (unpaired) electrons. The predicted octanol–water partition coefficient (Wildman–Crippen LogP) is 1.09. The molecule has 1 fully saturated rings. The molecule has 0 aromatic carbocycles. The lowest BCUT2D eigenvalue weighted by Gasteiger charge is -2.07. The molecule has 2 rings (SSSR count). The smallest absolute Gasteiger partial charge is 0.336 e. The lowest BCUT2D eigenvalue weighted by molar-refractivity contribution is -0.138. The summed E-state index contributed by atoms with van der Waals surface area (Å²) in [7, 11) is 0. The molecule has 0 saturated carbocycles. The van der Waals surface area contributed by atoms with E-state index < -0.39 is 17.2 Å². The van der Waals surface area contributed by atoms with Crippen LogP contribution in [-0.2, 0) is 6.18 Å². The first-order valence-corrected chi connectivity index (χ1v) is 4.76. The number of anilines is 1. The highest BCUT2D eigenvalue weighted by molar-refractivity contribution is 7.15. The van der Waals surface area contributed by atoms with Crippen LogP contribution in [-0.4, -0.2) is 29.3 Å². The van der Waals surface area contributed by atoms with Crippen molar-refractivity contribution in [3.05, 3.63) is 5.01 Å². The molecule has 0 unspecified atom stereocenters. The lowest BCUT2D eigenvalue weighted by atomic mass is 10.6. The molecule has 1 aliphatic rings. The number of carbonyl (C=O) groups is 1. The number of aromatic nitrogens is 2. The van der Waals surface area contributed by atoms with Crippen LogP contribution in [0.1, 0.15) is 5.01 Å². The van der Waals surface area contributed by atoms with E-state index in [4.69, 9.17) is 0 Å². The lowest BCUT2D eigenvalue weighted by Crippen LogP contribution is -2.27. The Morgan fingerprint density at radius 1 is 1.40 bits per heavy atom. The number of nitrogens with zero attached hydrogens (tertiary/aromatic N) is 3. The van der Waals surface area contributed by atoms with Gasteiger partial charge < -0.3 is 5.32 Å². The van der Waals surface area contributed by atoms with Gasteiger partial charge in [0.15, 0.2) is 0 Å². The van der Waals surface area contributed by atoms with Crippen LogP contribution in [0.2, 0.25) is 0 Å². The van der Waals surface area contributed by atoms with E-state index in [1.165, 1.54) is 0 Å². The molecular weight excluding hydrogens is 233 g/mol. The topological polar surface area (TPSA) is 58.1 Å². The third-order valence-corrected chi connectivity index (χ3v) is 2.74. The average molecular weight is 238 g/mol. The van der Waals surface area contributed by atoms with E-state index in [1.807, 2.05) is 0 Å². The number of hydrogen-bond acceptors (Lipinski definition) is 4. The summed E-state index contributed by atoms with van der Waals surface area (Å²) in [6, 6.07) is -0.445. The molecule has 5 nitrogen and oxygen atoms in total. The van der Waals surface area contributed by atoms with E-state index >= 15 is 0 Å². The van der Waals surface area contributed by atoms with Crippen molar-refractivity contribution in [2.75, 3.05) is 18.0 Å². The Labute approximate surface area is 85.9 Å². The Morgan fingerprint density at radius 3 is 2.60 bits per heavy atom. The number of amides is 2. The van der Waals surface area contributed by atoms with E-state index in [0.717, 1.165) is 4.90 Å². The molecule has 82 valence electrons. The van der Waals surface area contributed by atoms with Crippen LogP contribution < -0.4 is 10.2 Å². The second-order valence-electron chi connectivity index (χ2n) is 2.77. The molecule has 0 spiro atoms. The minimum Gasteiger partial charge on any atom is -0.336 e. The maximum absolute atomic E-state index is 12.2. The number of alkyl halides is 3. The van der Waals surface area contributed by atoms with Crippen LogP contribution in [0.5, 0.6) is 0 Å². The number of rotatable bonds is 1. The minimum absolute atomic E-state index is 0.0303. The summed E-state index contributed by atoms with van der Waals surface area (Å²) < 4.78 is 36.5. The monoisotopic (exact) mass is 238 g/mol. The molecule has 0 bridgehead atoms. The Hall–Kier alpha value is -1.38. The highest BCUT2D eigenvalue weighted by Gasteiger charge is 2.37. The van der Waals surface area contributed by atoms with Crippen molar-refractivity contribution in [2.24, 2.45) is 0 Å². The molecule has 1 aromatic rings. The molecule has 9 heteroatoms. The number of halogens is 3. The zero-order valence-corrected chi connectivity index (χ0v) is 8.02. The summed E-state index contributed by atoms with van der Waals surface area (Å²) in [6.45, 7) is 0.713. The fourth-order valence-electron chi connectivity index (χ4n) is 1.09. The molecule has 1 N–H and O–H groups in total. The fourth-order valence-corrected chi connectivity index (χ4v) is 1.83. The van der Waals surface area contributed by atoms with E-state index in [9.17, 15) is 18.0 Å². The number of carbonyl (C=O) groups excluding carboxylic acids is 1. The second-order valence-corrected chi connectivity index (χ2v) is 3.73. The molecule has 15 heavy (non-hydrogen) atoms. The van der Waals surface area contributed by atoms with Gasteiger partial charge in [-0.1, -0.05) is 11.3 Å². The van der Waals surface area contributed by atoms with Crippen LogP contribution in [0.4, 0.5) is 23.1 Å². The molecule has 1 aliphatic heterocycles. The van der Waals surface area contributed by atoms with Gasteiger partial charge in [-0.25, -0.2) is 4.79 Å². The summed E-state index contributed by atoms with van der Waals surface area (Å²) in [5.74, 6) is 0. The van der Waals surface area contributed by atoms with Gasteiger partial charge in [-0.05, 0) is 0 Å². The van der Waals surface area contributed by atoms with Crippen molar-refractivity contribution in [1.29, 1.82) is 0 Å². The van der Waals surface area contributed by atoms with Crippen LogP contribution in [0.25, 0.3) is 0 Å². The van der Waals surface area contributed by atoms with Crippen LogP contribution in [0.15, 0.2) is 0 Å². The van der Waals surface area contributed by atoms with E-state index in [-0.39, 0.29) is 5.13 Å². The van der Waals surface area contributed by atoms with Gasteiger partial charge in [-0.3, -0.25) is 4.90 Å². The standard InChI is InChI=1S/C6H5F3N4OS/c7-6(8,9)3-11-12-5(15-3)13-2-1-10-4(13)14/h1-2H2,(H,10,14). The first kappa shape index (κ1) is 10.1. The Kier molecular flexibility index (Phi) is 2.25. The molecule has 2 heterocycles. The van der Waals surface area contributed by atoms with Crippen molar-refractivity contribution >= 4 is 22.5 Å². The van der Waals surface area contributed by atoms with Crippen molar-refractivity contribution < 1.29 is 18.0 Å². The van der Waals surface area contributed by atoms with Crippen molar-refractivity contribution in [3.8, 4) is 0 Å². The maximum Gasteiger partial charge on any atom is 0.445 e. The first-order chi connectivity index (χ1) is 6.98. The van der Waals surface area contributed by atoms with Crippen LogP contribution in [0, 0.1) is 0 Å². The van der Waals surface area contributed by atoms with E-state index in [2.05, 4.69) is 15.5 Å². The van der Waals surface area contributed by atoms with Crippen molar-refractivity contribution in [2.45, 2.75) is 6.18 Å².